The van der Waals surface area contributed by atoms with Crippen molar-refractivity contribution in [3.05, 3.63) is 212 Å². The van der Waals surface area contributed by atoms with Crippen LogP contribution in [0, 0.1) is 0 Å². The van der Waals surface area contributed by atoms with E-state index < -0.39 is 47.5 Å². The summed E-state index contributed by atoms with van der Waals surface area (Å²) in [7, 11) is 0. The molecule has 11 N–H and O–H groups in total. The Hall–Kier alpha value is -8.64. The predicted octanol–water partition coefficient (Wildman–Crippen LogP) is 10.1. The summed E-state index contributed by atoms with van der Waals surface area (Å²) in [5.74, 6) is -6.97. The lowest BCUT2D eigenvalue weighted by Gasteiger charge is -2.36. The van der Waals surface area contributed by atoms with Gasteiger partial charge in [-0.25, -0.2) is 0 Å². The number of benzene rings is 8. The summed E-state index contributed by atoms with van der Waals surface area (Å²) in [5, 5.41) is 125. The van der Waals surface area contributed by atoms with E-state index in [0.717, 1.165) is 0 Å². The number of phenolic OH excluding ortho intramolecular Hbond substituents is 11. The molecule has 4 aliphatic rings. The van der Waals surface area contributed by atoms with Gasteiger partial charge in [0.05, 0.1) is 5.92 Å². The molecule has 3 aliphatic carbocycles. The molecular formula is C56H42O12. The highest BCUT2D eigenvalue weighted by Crippen LogP contribution is 2.72. The van der Waals surface area contributed by atoms with Gasteiger partial charge < -0.3 is 60.9 Å². The molecule has 12 rings (SSSR count). The number of fused-ring (bicyclic) bond motifs is 5. The van der Waals surface area contributed by atoms with Crippen LogP contribution in [0.2, 0.25) is 0 Å². The molecule has 0 saturated carbocycles. The summed E-state index contributed by atoms with van der Waals surface area (Å²) in [6.45, 7) is 0. The third kappa shape index (κ3) is 5.99. The minimum Gasteiger partial charge on any atom is -0.508 e. The molecule has 0 amide bonds. The molecular weight excluding hydrogens is 865 g/mol. The summed E-state index contributed by atoms with van der Waals surface area (Å²) in [6.07, 6.45) is -0.833. The van der Waals surface area contributed by atoms with Crippen molar-refractivity contribution in [1.29, 1.82) is 0 Å². The maximum Gasteiger partial charge on any atom is 0.135 e. The van der Waals surface area contributed by atoms with Gasteiger partial charge in [0, 0.05) is 82.0 Å². The Bertz CT molecular complexity index is 3360. The highest BCUT2D eigenvalue weighted by Gasteiger charge is 2.57. The van der Waals surface area contributed by atoms with Crippen molar-refractivity contribution in [3.8, 4) is 69.0 Å². The number of phenols is 11. The first kappa shape index (κ1) is 40.8. The molecule has 0 fully saturated rings. The van der Waals surface area contributed by atoms with E-state index in [-0.39, 0.29) is 69.0 Å². The fraction of sp³-hybridized carbons (Fsp3) is 0.143. The van der Waals surface area contributed by atoms with Gasteiger partial charge in [-0.05, 0) is 123 Å². The second-order valence-electron chi connectivity index (χ2n) is 18.4. The smallest absolute Gasteiger partial charge is 0.135 e. The number of hydrogen-bond donors (Lipinski definition) is 11. The topological polar surface area (TPSA) is 232 Å². The van der Waals surface area contributed by atoms with Crippen molar-refractivity contribution in [1.82, 2.24) is 0 Å². The molecule has 0 spiro atoms. The van der Waals surface area contributed by atoms with E-state index in [1.165, 1.54) is 48.5 Å². The molecule has 0 aromatic heterocycles. The van der Waals surface area contributed by atoms with E-state index in [9.17, 15) is 56.2 Å². The van der Waals surface area contributed by atoms with Gasteiger partial charge in [0.15, 0.2) is 0 Å². The van der Waals surface area contributed by atoms with Crippen LogP contribution in [0.15, 0.2) is 140 Å². The summed E-state index contributed by atoms with van der Waals surface area (Å²) in [5.41, 5.74) is 7.13. The van der Waals surface area contributed by atoms with Gasteiger partial charge >= 0.3 is 0 Å². The fourth-order valence-electron chi connectivity index (χ4n) is 12.5. The minimum absolute atomic E-state index is 0.0104. The molecule has 2 bridgehead atoms. The van der Waals surface area contributed by atoms with E-state index in [2.05, 4.69) is 0 Å². The Morgan fingerprint density at radius 3 is 1.38 bits per heavy atom. The molecule has 8 aromatic rings. The average molecular weight is 907 g/mol. The molecule has 1 heterocycles. The summed E-state index contributed by atoms with van der Waals surface area (Å²) >= 11 is 0. The molecule has 8 unspecified atom stereocenters. The molecule has 8 aromatic carbocycles. The van der Waals surface area contributed by atoms with Gasteiger partial charge in [-0.15, -0.1) is 0 Å². The lowest BCUT2D eigenvalue weighted by Crippen LogP contribution is -2.22. The van der Waals surface area contributed by atoms with Crippen LogP contribution in [0.5, 0.6) is 69.0 Å². The maximum atomic E-state index is 12.6. The SMILES string of the molecule is Oc1ccc(C2Oc3cc(O)cc(C4c5c(O)cc(O)c6c5C(C5c7ccc(O)cc7C(c7ccc(O)cc7)C6c6cc(O)cc(O)c65)C4c4ccc(O)cc4)c3C2c2cc(O)cc(O)c2)cc1. The van der Waals surface area contributed by atoms with Crippen LogP contribution in [0.25, 0.3) is 0 Å². The van der Waals surface area contributed by atoms with E-state index in [1.54, 1.807) is 84.9 Å². The van der Waals surface area contributed by atoms with Crippen LogP contribution in [0.1, 0.15) is 120 Å². The Morgan fingerprint density at radius 2 is 0.750 bits per heavy atom. The van der Waals surface area contributed by atoms with Gasteiger partial charge in [0.1, 0.15) is 75.1 Å². The van der Waals surface area contributed by atoms with Crippen molar-refractivity contribution >= 4 is 0 Å². The fourth-order valence-corrected chi connectivity index (χ4v) is 12.5. The highest BCUT2D eigenvalue weighted by atomic mass is 16.5. The van der Waals surface area contributed by atoms with Gasteiger partial charge in [-0.1, -0.05) is 42.5 Å². The molecule has 338 valence electrons. The molecule has 12 nitrogen and oxygen atoms in total. The van der Waals surface area contributed by atoms with Gasteiger partial charge in [-0.2, -0.15) is 0 Å². The second-order valence-corrected chi connectivity index (χ2v) is 18.4. The molecule has 68 heavy (non-hydrogen) atoms. The van der Waals surface area contributed by atoms with Crippen molar-refractivity contribution in [2.24, 2.45) is 0 Å². The normalized spacial score (nSPS) is 22.6. The first-order chi connectivity index (χ1) is 32.7. The maximum absolute atomic E-state index is 12.6. The first-order valence-corrected chi connectivity index (χ1v) is 22.1. The lowest BCUT2D eigenvalue weighted by atomic mass is 9.66. The zero-order valence-electron chi connectivity index (χ0n) is 35.7. The summed E-state index contributed by atoms with van der Waals surface area (Å²) in [4.78, 5) is 0. The number of ether oxygens (including phenoxy) is 1. The van der Waals surface area contributed by atoms with Gasteiger partial charge in [-0.3, -0.25) is 0 Å². The quantitative estimate of drug-likeness (QED) is 0.0775. The number of hydrogen-bond acceptors (Lipinski definition) is 12. The van der Waals surface area contributed by atoms with Crippen LogP contribution in [0.3, 0.4) is 0 Å². The van der Waals surface area contributed by atoms with Crippen molar-refractivity contribution in [3.63, 3.8) is 0 Å². The standard InChI is InChI=1S/C56H42O12/c57-28-7-1-24(2-8-28)44-37-18-31(60)13-14-36(37)49-47-38(19-34(63)21-40(47)65)50(44)52-41(66)23-42(67)53-51(45(54(49)55(52)53)25-3-9-29(58)10-4-25)39-20-35(64)22-43-48(39)46(27-15-32(61)17-33(62)16-27)56(68-43)26-5-11-30(59)12-6-26/h1-23,44-46,49-51,54,56-67H. The van der Waals surface area contributed by atoms with Gasteiger partial charge in [0.25, 0.3) is 0 Å². The molecule has 0 saturated heterocycles. The average Bonchev–Trinajstić information content (AvgIpc) is 3.77. The van der Waals surface area contributed by atoms with Crippen LogP contribution >= 0.6 is 0 Å². The second kappa shape index (κ2) is 14.7. The monoisotopic (exact) mass is 906 g/mol. The van der Waals surface area contributed by atoms with E-state index in [0.29, 0.717) is 72.3 Å². The molecule has 8 atom stereocenters. The zero-order valence-corrected chi connectivity index (χ0v) is 35.7. The predicted molar refractivity (Wildman–Crippen MR) is 248 cm³/mol. The Balaban J connectivity index is 1.22. The Kier molecular flexibility index (Phi) is 8.82. The molecule has 1 aliphatic heterocycles. The lowest BCUT2D eigenvalue weighted by molar-refractivity contribution is 0.221. The largest absolute Gasteiger partial charge is 0.508 e. The summed E-state index contributed by atoms with van der Waals surface area (Å²) < 4.78 is 6.80. The van der Waals surface area contributed by atoms with Crippen LogP contribution in [0.4, 0.5) is 0 Å². The Labute approximate surface area is 388 Å². The minimum atomic E-state index is -0.906. The van der Waals surface area contributed by atoms with E-state index >= 15 is 0 Å². The van der Waals surface area contributed by atoms with Crippen molar-refractivity contribution in [2.45, 2.75) is 47.5 Å². The van der Waals surface area contributed by atoms with Crippen molar-refractivity contribution < 1.29 is 60.9 Å². The van der Waals surface area contributed by atoms with E-state index in [1.807, 2.05) is 6.07 Å². The first-order valence-electron chi connectivity index (χ1n) is 22.1. The zero-order chi connectivity index (χ0) is 47.0. The molecule has 12 heteroatoms. The third-order valence-corrected chi connectivity index (χ3v) is 14.8. The third-order valence-electron chi connectivity index (χ3n) is 14.8. The number of aromatic hydroxyl groups is 11. The van der Waals surface area contributed by atoms with Crippen LogP contribution < -0.4 is 4.74 Å². The Morgan fingerprint density at radius 1 is 0.265 bits per heavy atom. The van der Waals surface area contributed by atoms with E-state index in [4.69, 9.17) is 4.74 Å². The van der Waals surface area contributed by atoms with Gasteiger partial charge in [0.2, 0.25) is 0 Å². The highest BCUT2D eigenvalue weighted by molar-refractivity contribution is 5.75. The molecule has 0 radical (unpaired) electrons. The van der Waals surface area contributed by atoms with Crippen LogP contribution in [-0.2, 0) is 0 Å². The van der Waals surface area contributed by atoms with Crippen molar-refractivity contribution in [2.75, 3.05) is 0 Å². The van der Waals surface area contributed by atoms with Crippen LogP contribution in [-0.4, -0.2) is 56.2 Å². The summed E-state index contributed by atoms with van der Waals surface area (Å²) in [6, 6.07) is 36.3. The number of rotatable bonds is 5.